The molecule has 0 saturated carbocycles. The largest absolute Gasteiger partial charge is 0.468 e. The maximum atomic E-state index is 13.4. The van der Waals surface area contributed by atoms with Gasteiger partial charge in [0.2, 0.25) is 5.88 Å². The van der Waals surface area contributed by atoms with Crippen molar-refractivity contribution in [3.63, 3.8) is 0 Å². The van der Waals surface area contributed by atoms with Gasteiger partial charge in [0.15, 0.2) is 11.6 Å². The van der Waals surface area contributed by atoms with Crippen LogP contribution in [0, 0.1) is 5.82 Å². The molecule has 0 aliphatic carbocycles. The number of ether oxygens (including phenoxy) is 1. The fraction of sp³-hybridized carbons (Fsp3) is 0.0952. The van der Waals surface area contributed by atoms with E-state index in [9.17, 15) is 4.39 Å². The lowest BCUT2D eigenvalue weighted by Crippen LogP contribution is -2.05. The average molecular weight is 401 g/mol. The van der Waals surface area contributed by atoms with Crippen molar-refractivity contribution in [2.45, 2.75) is 6.61 Å². The fourth-order valence-corrected chi connectivity index (χ4v) is 3.21. The maximum absolute atomic E-state index is 13.4. The predicted molar refractivity (Wildman–Crippen MR) is 107 cm³/mol. The molecule has 2 aromatic carbocycles. The van der Waals surface area contributed by atoms with E-state index in [-0.39, 0.29) is 12.4 Å². The van der Waals surface area contributed by atoms with Crippen molar-refractivity contribution in [1.29, 1.82) is 0 Å². The molecule has 5 aromatic rings. The smallest absolute Gasteiger partial charge is 0.242 e. The Morgan fingerprint density at radius 3 is 2.53 bits per heavy atom. The van der Waals surface area contributed by atoms with Gasteiger partial charge in [0, 0.05) is 12.6 Å². The van der Waals surface area contributed by atoms with Crippen LogP contribution in [0.25, 0.3) is 28.0 Å². The minimum absolute atomic E-state index is 0.201. The molecule has 3 aromatic heterocycles. The van der Waals surface area contributed by atoms with E-state index in [4.69, 9.17) is 4.74 Å². The molecule has 30 heavy (non-hydrogen) atoms. The second kappa shape index (κ2) is 7.36. The molecular weight excluding hydrogens is 385 g/mol. The number of benzene rings is 2. The van der Waals surface area contributed by atoms with Crippen molar-refractivity contribution in [3.05, 3.63) is 78.8 Å². The Kier molecular flexibility index (Phi) is 4.40. The summed E-state index contributed by atoms with van der Waals surface area (Å²) in [6.07, 6.45) is 3.11. The van der Waals surface area contributed by atoms with Gasteiger partial charge in [-0.2, -0.15) is 10.2 Å². The monoisotopic (exact) mass is 401 g/mol. The first-order valence-electron chi connectivity index (χ1n) is 9.22. The van der Waals surface area contributed by atoms with Gasteiger partial charge in [0.25, 0.3) is 0 Å². The summed E-state index contributed by atoms with van der Waals surface area (Å²) in [6.45, 7) is 0.201. The molecular formula is C21H16FN7O. The summed E-state index contributed by atoms with van der Waals surface area (Å²) in [5, 5.41) is 17.1. The van der Waals surface area contributed by atoms with E-state index in [1.54, 1.807) is 34.6 Å². The number of hydrogen-bond donors (Lipinski definition) is 0. The number of fused-ring (bicyclic) bond motifs is 1. The summed E-state index contributed by atoms with van der Waals surface area (Å²) in [6, 6.07) is 15.8. The fourth-order valence-electron chi connectivity index (χ4n) is 3.21. The SMILES string of the molecule is Cn1ncnc1COc1nn2c(-c3ccc(F)cc3)nncc2c1-c1ccccc1. The van der Waals surface area contributed by atoms with Crippen LogP contribution in [-0.4, -0.2) is 34.6 Å². The normalized spacial score (nSPS) is 11.1. The topological polar surface area (TPSA) is 83.0 Å². The van der Waals surface area contributed by atoms with Crippen molar-refractivity contribution in [2.75, 3.05) is 0 Å². The zero-order valence-electron chi connectivity index (χ0n) is 16.0. The molecule has 0 spiro atoms. The third kappa shape index (κ3) is 3.16. The Balaban J connectivity index is 1.66. The molecule has 0 saturated heterocycles. The highest BCUT2D eigenvalue weighted by molar-refractivity contribution is 5.85. The van der Waals surface area contributed by atoms with E-state index in [0.29, 0.717) is 23.1 Å². The predicted octanol–water partition coefficient (Wildman–Crippen LogP) is 3.30. The van der Waals surface area contributed by atoms with E-state index < -0.39 is 0 Å². The van der Waals surface area contributed by atoms with Gasteiger partial charge in [-0.1, -0.05) is 30.3 Å². The minimum Gasteiger partial charge on any atom is -0.468 e. The summed E-state index contributed by atoms with van der Waals surface area (Å²) in [4.78, 5) is 4.19. The summed E-state index contributed by atoms with van der Waals surface area (Å²) in [5.74, 6) is 1.25. The Labute approximate surface area is 170 Å². The van der Waals surface area contributed by atoms with E-state index in [1.165, 1.54) is 18.5 Å². The zero-order valence-corrected chi connectivity index (χ0v) is 16.0. The first kappa shape index (κ1) is 17.9. The van der Waals surface area contributed by atoms with Crippen molar-refractivity contribution in [1.82, 2.24) is 34.6 Å². The summed E-state index contributed by atoms with van der Waals surface area (Å²) in [5.41, 5.74) is 3.13. The molecule has 0 aliphatic rings. The lowest BCUT2D eigenvalue weighted by molar-refractivity contribution is 0.278. The highest BCUT2D eigenvalue weighted by Gasteiger charge is 2.20. The van der Waals surface area contributed by atoms with E-state index in [1.807, 2.05) is 30.3 Å². The second-order valence-corrected chi connectivity index (χ2v) is 6.61. The van der Waals surface area contributed by atoms with Gasteiger partial charge in [-0.05, 0) is 29.8 Å². The molecule has 0 radical (unpaired) electrons. The first-order valence-corrected chi connectivity index (χ1v) is 9.22. The highest BCUT2D eigenvalue weighted by atomic mass is 19.1. The summed E-state index contributed by atoms with van der Waals surface area (Å²) in [7, 11) is 1.80. The van der Waals surface area contributed by atoms with Crippen molar-refractivity contribution in [2.24, 2.45) is 7.05 Å². The Morgan fingerprint density at radius 1 is 1.00 bits per heavy atom. The molecule has 0 fully saturated rings. The van der Waals surface area contributed by atoms with Crippen LogP contribution < -0.4 is 4.74 Å². The number of halogens is 1. The molecule has 0 unspecified atom stereocenters. The van der Waals surface area contributed by atoms with Crippen molar-refractivity contribution in [3.8, 4) is 28.4 Å². The van der Waals surface area contributed by atoms with E-state index >= 15 is 0 Å². The lowest BCUT2D eigenvalue weighted by Gasteiger charge is -2.05. The van der Waals surface area contributed by atoms with Crippen LogP contribution in [0.5, 0.6) is 5.88 Å². The quantitative estimate of drug-likeness (QED) is 0.449. The van der Waals surface area contributed by atoms with Crippen molar-refractivity contribution >= 4 is 5.52 Å². The second-order valence-electron chi connectivity index (χ2n) is 6.61. The number of nitrogens with zero attached hydrogens (tertiary/aromatic N) is 7. The zero-order chi connectivity index (χ0) is 20.5. The Morgan fingerprint density at radius 2 is 1.80 bits per heavy atom. The molecule has 8 nitrogen and oxygen atoms in total. The van der Waals surface area contributed by atoms with E-state index in [2.05, 4.69) is 25.4 Å². The number of aromatic nitrogens is 7. The lowest BCUT2D eigenvalue weighted by atomic mass is 10.1. The molecule has 5 rings (SSSR count). The van der Waals surface area contributed by atoms with Crippen LogP contribution in [0.2, 0.25) is 0 Å². The Bertz CT molecular complexity index is 1310. The molecule has 0 aliphatic heterocycles. The van der Waals surface area contributed by atoms with Crippen LogP contribution in [0.4, 0.5) is 4.39 Å². The van der Waals surface area contributed by atoms with Crippen LogP contribution >= 0.6 is 0 Å². The summed E-state index contributed by atoms with van der Waals surface area (Å²) < 4.78 is 22.7. The summed E-state index contributed by atoms with van der Waals surface area (Å²) >= 11 is 0. The van der Waals surface area contributed by atoms with Gasteiger partial charge in [-0.15, -0.1) is 10.2 Å². The third-order valence-electron chi connectivity index (χ3n) is 4.73. The van der Waals surface area contributed by atoms with Crippen LogP contribution in [0.15, 0.2) is 67.1 Å². The molecule has 0 atom stereocenters. The van der Waals surface area contributed by atoms with Gasteiger partial charge in [-0.3, -0.25) is 4.68 Å². The number of aryl methyl sites for hydroxylation is 1. The maximum Gasteiger partial charge on any atom is 0.242 e. The van der Waals surface area contributed by atoms with E-state index in [0.717, 1.165) is 16.6 Å². The van der Waals surface area contributed by atoms with Gasteiger partial charge in [0.05, 0.1) is 11.8 Å². The average Bonchev–Trinajstić information content (AvgIpc) is 3.36. The minimum atomic E-state index is -0.322. The van der Waals surface area contributed by atoms with Crippen LogP contribution in [0.3, 0.4) is 0 Å². The molecule has 0 N–H and O–H groups in total. The van der Waals surface area contributed by atoms with Gasteiger partial charge >= 0.3 is 0 Å². The van der Waals surface area contributed by atoms with Crippen LogP contribution in [0.1, 0.15) is 5.82 Å². The number of hydrogen-bond acceptors (Lipinski definition) is 6. The molecule has 148 valence electrons. The van der Waals surface area contributed by atoms with Crippen molar-refractivity contribution < 1.29 is 9.13 Å². The molecule has 3 heterocycles. The van der Waals surface area contributed by atoms with Gasteiger partial charge < -0.3 is 4.74 Å². The third-order valence-corrected chi connectivity index (χ3v) is 4.73. The molecule has 0 amide bonds. The molecule has 9 heteroatoms. The molecule has 0 bridgehead atoms. The standard InChI is InChI=1S/C21H16FN7O/c1-28-18(23-13-25-28)12-30-21-19(14-5-3-2-4-6-14)17-11-24-26-20(29(17)27-21)15-7-9-16(22)10-8-15/h2-11,13H,12H2,1H3. The first-order chi connectivity index (χ1) is 14.7. The highest BCUT2D eigenvalue weighted by Crippen LogP contribution is 2.35. The van der Waals surface area contributed by atoms with Gasteiger partial charge in [0.1, 0.15) is 24.3 Å². The number of rotatable bonds is 5. The Hall–Kier alpha value is -4.14. The van der Waals surface area contributed by atoms with Crippen LogP contribution in [-0.2, 0) is 13.7 Å². The van der Waals surface area contributed by atoms with Gasteiger partial charge in [-0.25, -0.2) is 13.9 Å².